The lowest BCUT2D eigenvalue weighted by Crippen LogP contribution is -2.29. The van der Waals surface area contributed by atoms with Gasteiger partial charge in [0.1, 0.15) is 11.4 Å². The smallest absolute Gasteiger partial charge is 0.273 e. The van der Waals surface area contributed by atoms with Gasteiger partial charge >= 0.3 is 0 Å². The topological polar surface area (TPSA) is 63.4 Å². The fraction of sp³-hybridized carbons (Fsp3) is 0.143. The third-order valence-corrected chi connectivity index (χ3v) is 4.42. The van der Waals surface area contributed by atoms with Crippen molar-refractivity contribution in [3.63, 3.8) is 0 Å². The van der Waals surface area contributed by atoms with E-state index >= 15 is 0 Å². The molecule has 0 aliphatic heterocycles. The van der Waals surface area contributed by atoms with Crippen LogP contribution in [0.4, 0.5) is 0 Å². The number of aromatic nitrogens is 4. The molecule has 3 aromatic heterocycles. The fourth-order valence-corrected chi connectivity index (χ4v) is 2.95. The van der Waals surface area contributed by atoms with E-state index in [4.69, 9.17) is 0 Å². The number of nitrogens with zero attached hydrogens (tertiary/aromatic N) is 5. The molecule has 0 bridgehead atoms. The Balaban J connectivity index is 1.57. The Kier molecular flexibility index (Phi) is 4.61. The van der Waals surface area contributed by atoms with Crippen LogP contribution in [0.2, 0.25) is 0 Å². The van der Waals surface area contributed by atoms with Gasteiger partial charge in [0.05, 0.1) is 0 Å². The molecule has 0 saturated heterocycles. The van der Waals surface area contributed by atoms with E-state index in [0.29, 0.717) is 24.3 Å². The summed E-state index contributed by atoms with van der Waals surface area (Å²) in [6.45, 7) is 0.577. The van der Waals surface area contributed by atoms with Gasteiger partial charge < -0.3 is 9.30 Å². The minimum Gasteiger partial charge on any atom is -0.340 e. The molecule has 6 nitrogen and oxygen atoms in total. The van der Waals surface area contributed by atoms with Gasteiger partial charge in [0.2, 0.25) is 0 Å². The van der Waals surface area contributed by atoms with Gasteiger partial charge in [-0.05, 0) is 12.1 Å². The second-order valence-corrected chi connectivity index (χ2v) is 6.30. The maximum atomic E-state index is 12.8. The van der Waals surface area contributed by atoms with Crippen LogP contribution in [0.5, 0.6) is 0 Å². The van der Waals surface area contributed by atoms with Gasteiger partial charge in [-0.1, -0.05) is 36.4 Å². The molecule has 134 valence electrons. The molecule has 0 fully saturated rings. The second kappa shape index (κ2) is 7.37. The highest BCUT2D eigenvalue weighted by Crippen LogP contribution is 2.21. The highest BCUT2D eigenvalue weighted by atomic mass is 16.2. The fourth-order valence-electron chi connectivity index (χ4n) is 2.95. The molecule has 0 radical (unpaired) electrons. The Labute approximate surface area is 157 Å². The number of carbonyl (C=O) groups excluding carboxylic acids is 1. The molecule has 4 aromatic rings. The summed E-state index contributed by atoms with van der Waals surface area (Å²) in [6, 6.07) is 15.6. The number of rotatable bonds is 5. The van der Waals surface area contributed by atoms with Gasteiger partial charge in [-0.2, -0.15) is 0 Å². The molecule has 4 rings (SSSR count). The number of carbonyl (C=O) groups is 1. The number of benzene rings is 1. The van der Waals surface area contributed by atoms with Crippen LogP contribution in [0, 0.1) is 0 Å². The van der Waals surface area contributed by atoms with Crippen LogP contribution in [-0.4, -0.2) is 43.8 Å². The Morgan fingerprint density at radius 1 is 1.04 bits per heavy atom. The summed E-state index contributed by atoms with van der Waals surface area (Å²) in [5, 5.41) is 0. The van der Waals surface area contributed by atoms with Gasteiger partial charge in [-0.15, -0.1) is 0 Å². The molecule has 0 saturated carbocycles. The zero-order valence-corrected chi connectivity index (χ0v) is 15.0. The van der Waals surface area contributed by atoms with E-state index in [-0.39, 0.29) is 5.91 Å². The lowest BCUT2D eigenvalue weighted by atomic mass is 10.1. The highest BCUT2D eigenvalue weighted by Gasteiger charge is 2.17. The number of imidazole rings is 1. The largest absolute Gasteiger partial charge is 0.340 e. The first-order valence-corrected chi connectivity index (χ1v) is 8.77. The molecular formula is C21H19N5O. The lowest BCUT2D eigenvalue weighted by molar-refractivity contribution is 0.0791. The third kappa shape index (κ3) is 3.55. The lowest BCUT2D eigenvalue weighted by Gasteiger charge is -2.15. The first kappa shape index (κ1) is 16.9. The number of fused-ring (bicyclic) bond motifs is 1. The minimum atomic E-state index is -0.117. The highest BCUT2D eigenvalue weighted by molar-refractivity contribution is 5.93. The van der Waals surface area contributed by atoms with Crippen molar-refractivity contribution in [1.82, 2.24) is 24.3 Å². The first-order valence-electron chi connectivity index (χ1n) is 8.77. The van der Waals surface area contributed by atoms with Crippen molar-refractivity contribution in [3.8, 4) is 11.3 Å². The summed E-state index contributed by atoms with van der Waals surface area (Å²) in [6.07, 6.45) is 7.74. The molecule has 0 N–H and O–H groups in total. The van der Waals surface area contributed by atoms with Gasteiger partial charge in [-0.25, -0.2) is 4.98 Å². The molecule has 1 amide bonds. The average molecular weight is 357 g/mol. The van der Waals surface area contributed by atoms with Crippen LogP contribution in [0.3, 0.4) is 0 Å². The monoisotopic (exact) mass is 357 g/mol. The maximum absolute atomic E-state index is 12.8. The number of amides is 1. The number of hydrogen-bond acceptors (Lipinski definition) is 4. The van der Waals surface area contributed by atoms with Crippen LogP contribution in [0.15, 0.2) is 73.3 Å². The molecular weight excluding hydrogens is 338 g/mol. The predicted molar refractivity (Wildman–Crippen MR) is 103 cm³/mol. The van der Waals surface area contributed by atoms with Crippen molar-refractivity contribution in [3.05, 3.63) is 84.7 Å². The predicted octanol–water partition coefficient (Wildman–Crippen LogP) is 3.11. The molecule has 0 atom stereocenters. The summed E-state index contributed by atoms with van der Waals surface area (Å²) in [5.41, 5.74) is 3.76. The normalized spacial score (nSPS) is 10.9. The Bertz CT molecular complexity index is 1060. The van der Waals surface area contributed by atoms with Crippen molar-refractivity contribution < 1.29 is 4.79 Å². The zero-order valence-electron chi connectivity index (χ0n) is 15.0. The number of pyridine rings is 1. The van der Waals surface area contributed by atoms with E-state index in [1.54, 1.807) is 36.7 Å². The van der Waals surface area contributed by atoms with Crippen LogP contribution in [0.25, 0.3) is 16.9 Å². The van der Waals surface area contributed by atoms with Crippen LogP contribution < -0.4 is 0 Å². The van der Waals surface area contributed by atoms with Crippen LogP contribution in [0.1, 0.15) is 16.2 Å². The molecule has 0 spiro atoms. The van der Waals surface area contributed by atoms with E-state index in [1.165, 1.54) is 0 Å². The summed E-state index contributed by atoms with van der Waals surface area (Å²) in [7, 11) is 1.78. The van der Waals surface area contributed by atoms with Gasteiger partial charge in [-0.3, -0.25) is 14.8 Å². The Morgan fingerprint density at radius 3 is 2.63 bits per heavy atom. The molecule has 0 aliphatic rings. The van der Waals surface area contributed by atoms with Gasteiger partial charge in [0.15, 0.2) is 5.65 Å². The van der Waals surface area contributed by atoms with Crippen molar-refractivity contribution in [2.24, 2.45) is 0 Å². The van der Waals surface area contributed by atoms with Gasteiger partial charge in [0, 0.05) is 56.1 Å². The Morgan fingerprint density at radius 2 is 1.85 bits per heavy atom. The zero-order chi connectivity index (χ0) is 18.6. The summed E-state index contributed by atoms with van der Waals surface area (Å²) < 4.78 is 1.84. The standard InChI is InChI=1S/C21H19N5O/c1-25(13-10-17-9-5-6-11-22-17)21(27)18-15-26-14-12-23-19(20(26)24-18)16-7-3-2-4-8-16/h2-9,11-12,14-15H,10,13H2,1H3. The van der Waals surface area contributed by atoms with E-state index in [0.717, 1.165) is 17.0 Å². The quantitative estimate of drug-likeness (QED) is 0.551. The van der Waals surface area contributed by atoms with Crippen molar-refractivity contribution >= 4 is 11.6 Å². The van der Waals surface area contributed by atoms with E-state index in [9.17, 15) is 4.79 Å². The number of hydrogen-bond donors (Lipinski definition) is 0. The summed E-state index contributed by atoms with van der Waals surface area (Å²) in [4.78, 5) is 27.8. The van der Waals surface area contributed by atoms with Gasteiger partial charge in [0.25, 0.3) is 5.91 Å². The second-order valence-electron chi connectivity index (χ2n) is 6.30. The molecule has 27 heavy (non-hydrogen) atoms. The SMILES string of the molecule is CN(CCc1ccccn1)C(=O)c1cn2ccnc(-c3ccccc3)c2n1. The van der Waals surface area contributed by atoms with E-state index < -0.39 is 0 Å². The third-order valence-electron chi connectivity index (χ3n) is 4.42. The summed E-state index contributed by atoms with van der Waals surface area (Å²) in [5.74, 6) is -0.117. The molecule has 1 aromatic carbocycles. The van der Waals surface area contributed by atoms with Crippen LogP contribution >= 0.6 is 0 Å². The molecule has 0 aliphatic carbocycles. The minimum absolute atomic E-state index is 0.117. The van der Waals surface area contributed by atoms with Crippen molar-refractivity contribution in [1.29, 1.82) is 0 Å². The number of likely N-dealkylation sites (N-methyl/N-ethyl adjacent to an activating group) is 1. The average Bonchev–Trinajstić information content (AvgIpc) is 3.17. The molecule has 6 heteroatoms. The maximum Gasteiger partial charge on any atom is 0.273 e. The van der Waals surface area contributed by atoms with Crippen LogP contribution in [-0.2, 0) is 6.42 Å². The first-order chi connectivity index (χ1) is 13.2. The van der Waals surface area contributed by atoms with E-state index in [2.05, 4.69) is 15.0 Å². The molecule has 0 unspecified atom stereocenters. The van der Waals surface area contributed by atoms with Crippen molar-refractivity contribution in [2.75, 3.05) is 13.6 Å². The van der Waals surface area contributed by atoms with Crippen molar-refractivity contribution in [2.45, 2.75) is 6.42 Å². The Hall–Kier alpha value is -3.54. The summed E-state index contributed by atoms with van der Waals surface area (Å²) >= 11 is 0. The molecule has 3 heterocycles. The van der Waals surface area contributed by atoms with E-state index in [1.807, 2.05) is 52.9 Å².